The molecule has 2 aromatic carbocycles. The number of alkyl halides is 2. The minimum absolute atomic E-state index is 0.264. The predicted molar refractivity (Wildman–Crippen MR) is 103 cm³/mol. The summed E-state index contributed by atoms with van der Waals surface area (Å²) in [4.78, 5) is 33.0. The zero-order valence-electron chi connectivity index (χ0n) is 18.0. The van der Waals surface area contributed by atoms with E-state index in [1.54, 1.807) is 0 Å². The number of carbonyl (C=O) groups is 2. The van der Waals surface area contributed by atoms with Crippen LogP contribution in [0.15, 0.2) is 24.3 Å². The van der Waals surface area contributed by atoms with E-state index >= 15 is 0 Å². The van der Waals surface area contributed by atoms with E-state index in [2.05, 4.69) is 9.68 Å². The van der Waals surface area contributed by atoms with Crippen molar-refractivity contribution in [2.45, 2.75) is 12.3 Å². The van der Waals surface area contributed by atoms with E-state index in [0.717, 1.165) is 10.1 Å². The summed E-state index contributed by atoms with van der Waals surface area (Å²) in [6.45, 7) is -1.27. The van der Waals surface area contributed by atoms with E-state index in [-0.39, 0.29) is 38.3 Å². The monoisotopic (exact) mass is 524 g/mol. The Balaban J connectivity index is 1.22. The van der Waals surface area contributed by atoms with Crippen LogP contribution in [0.5, 0.6) is 0 Å². The highest BCUT2D eigenvalue weighted by Gasteiger charge is 2.42. The van der Waals surface area contributed by atoms with Crippen LogP contribution in [0.4, 0.5) is 35.1 Å². The Morgan fingerprint density at radius 3 is 1.33 bits per heavy atom. The maximum Gasteiger partial charge on any atom is 0.438 e. The molecule has 0 amide bonds. The Bertz CT molecular complexity index is 1100. The SMILES string of the molecule is O=C(ON1CC(C(F)c2cc(F)cc(F)c2F)C1)C(=O)ON1CC(C(F)c2cc(F)cc(F)c2F)C1. The largest absolute Gasteiger partial charge is 0.438 e. The highest BCUT2D eigenvalue weighted by Crippen LogP contribution is 2.37. The number of hydrogen-bond acceptors (Lipinski definition) is 6. The fourth-order valence-electron chi connectivity index (χ4n) is 3.83. The maximum atomic E-state index is 14.5. The van der Waals surface area contributed by atoms with Gasteiger partial charge in [0.25, 0.3) is 0 Å². The van der Waals surface area contributed by atoms with Crippen molar-refractivity contribution in [2.75, 3.05) is 26.2 Å². The van der Waals surface area contributed by atoms with E-state index in [1.165, 1.54) is 0 Å². The molecule has 2 aliphatic heterocycles. The van der Waals surface area contributed by atoms with Crippen LogP contribution in [-0.4, -0.2) is 48.2 Å². The summed E-state index contributed by atoms with van der Waals surface area (Å²) < 4.78 is 109. The second-order valence-electron chi connectivity index (χ2n) is 8.36. The Kier molecular flexibility index (Phi) is 7.18. The average molecular weight is 524 g/mol. The van der Waals surface area contributed by atoms with Crippen LogP contribution in [-0.2, 0) is 19.3 Å². The fraction of sp³-hybridized carbons (Fsp3) is 0.364. The molecule has 2 heterocycles. The second kappa shape index (κ2) is 10.0. The lowest BCUT2D eigenvalue weighted by molar-refractivity contribution is -0.250. The quantitative estimate of drug-likeness (QED) is 0.323. The first-order valence-corrected chi connectivity index (χ1v) is 10.5. The smallest absolute Gasteiger partial charge is 0.359 e. The lowest BCUT2D eigenvalue weighted by Crippen LogP contribution is -2.52. The van der Waals surface area contributed by atoms with Crippen molar-refractivity contribution in [3.63, 3.8) is 0 Å². The first-order chi connectivity index (χ1) is 16.9. The highest BCUT2D eigenvalue weighted by molar-refractivity contribution is 6.29. The molecule has 2 atom stereocenters. The molecule has 2 saturated heterocycles. The van der Waals surface area contributed by atoms with Crippen molar-refractivity contribution in [1.29, 1.82) is 0 Å². The van der Waals surface area contributed by atoms with Crippen LogP contribution < -0.4 is 0 Å². The third kappa shape index (κ3) is 5.14. The van der Waals surface area contributed by atoms with E-state index in [9.17, 15) is 44.7 Å². The molecule has 6 nitrogen and oxygen atoms in total. The fourth-order valence-corrected chi connectivity index (χ4v) is 3.83. The molecular weight excluding hydrogens is 508 g/mol. The van der Waals surface area contributed by atoms with Gasteiger partial charge < -0.3 is 9.68 Å². The molecule has 36 heavy (non-hydrogen) atoms. The lowest BCUT2D eigenvalue weighted by atomic mass is 9.91. The van der Waals surface area contributed by atoms with Crippen molar-refractivity contribution in [2.24, 2.45) is 11.8 Å². The minimum atomic E-state index is -2.11. The van der Waals surface area contributed by atoms with Crippen LogP contribution in [0.25, 0.3) is 0 Å². The van der Waals surface area contributed by atoms with E-state index in [1.807, 2.05) is 0 Å². The summed E-state index contributed by atoms with van der Waals surface area (Å²) in [6, 6.07) is 1.55. The molecule has 0 aromatic heterocycles. The molecule has 2 aliphatic rings. The van der Waals surface area contributed by atoms with Gasteiger partial charge in [-0.1, -0.05) is 0 Å². The summed E-state index contributed by atoms with van der Waals surface area (Å²) in [6.07, 6.45) is -4.22. The Morgan fingerprint density at radius 1 is 0.667 bits per heavy atom. The normalized spacial score (nSPS) is 18.8. The topological polar surface area (TPSA) is 59.1 Å². The zero-order valence-corrected chi connectivity index (χ0v) is 18.0. The summed E-state index contributed by atoms with van der Waals surface area (Å²) in [5, 5.41) is 1.68. The van der Waals surface area contributed by atoms with Gasteiger partial charge in [-0.05, 0) is 12.1 Å². The second-order valence-corrected chi connectivity index (χ2v) is 8.36. The van der Waals surface area contributed by atoms with Crippen LogP contribution >= 0.6 is 0 Å². The van der Waals surface area contributed by atoms with Crippen molar-refractivity contribution < 1.29 is 54.4 Å². The van der Waals surface area contributed by atoms with Crippen LogP contribution in [0.1, 0.15) is 23.5 Å². The summed E-state index contributed by atoms with van der Waals surface area (Å²) in [7, 11) is 0. The number of hydroxylamine groups is 4. The molecule has 2 aromatic rings. The molecule has 2 unspecified atom stereocenters. The summed E-state index contributed by atoms with van der Waals surface area (Å²) in [5.41, 5.74) is -1.66. The molecule has 0 N–H and O–H groups in total. The molecular formula is C22H16F8N2O4. The van der Waals surface area contributed by atoms with Gasteiger partial charge in [-0.2, -0.15) is 0 Å². The minimum Gasteiger partial charge on any atom is -0.359 e. The first-order valence-electron chi connectivity index (χ1n) is 10.5. The van der Waals surface area contributed by atoms with Crippen LogP contribution in [0.3, 0.4) is 0 Å². The number of hydrogen-bond donors (Lipinski definition) is 0. The van der Waals surface area contributed by atoms with Gasteiger partial charge in [-0.25, -0.2) is 44.7 Å². The lowest BCUT2D eigenvalue weighted by Gasteiger charge is -2.39. The van der Waals surface area contributed by atoms with Gasteiger partial charge in [0.15, 0.2) is 23.3 Å². The van der Waals surface area contributed by atoms with Crippen molar-refractivity contribution in [1.82, 2.24) is 10.1 Å². The third-order valence-corrected chi connectivity index (χ3v) is 5.81. The van der Waals surface area contributed by atoms with Gasteiger partial charge in [0.05, 0.1) is 0 Å². The molecule has 0 radical (unpaired) electrons. The number of carbonyl (C=O) groups excluding carboxylic acids is 2. The van der Waals surface area contributed by atoms with Crippen molar-refractivity contribution in [3.8, 4) is 0 Å². The highest BCUT2D eigenvalue weighted by atomic mass is 19.2. The average Bonchev–Trinajstić information content (AvgIpc) is 2.76. The van der Waals surface area contributed by atoms with Crippen LogP contribution in [0, 0.1) is 46.7 Å². The van der Waals surface area contributed by atoms with Gasteiger partial charge in [0.2, 0.25) is 0 Å². The Hall–Kier alpha value is -3.26. The van der Waals surface area contributed by atoms with E-state index < -0.39 is 82.1 Å². The molecule has 0 aliphatic carbocycles. The predicted octanol–water partition coefficient (Wildman–Crippen LogP) is 4.02. The van der Waals surface area contributed by atoms with E-state index in [0.29, 0.717) is 12.1 Å². The third-order valence-electron chi connectivity index (χ3n) is 5.81. The Labute approximate surface area is 197 Å². The number of halogens is 8. The van der Waals surface area contributed by atoms with Crippen molar-refractivity contribution >= 4 is 11.9 Å². The maximum absolute atomic E-state index is 14.5. The number of benzene rings is 2. The first kappa shape index (κ1) is 25.8. The van der Waals surface area contributed by atoms with E-state index in [4.69, 9.17) is 0 Å². The molecule has 4 rings (SSSR count). The molecule has 14 heteroatoms. The Morgan fingerprint density at radius 2 is 1.00 bits per heavy atom. The molecule has 0 spiro atoms. The molecule has 0 saturated carbocycles. The number of rotatable bonds is 6. The summed E-state index contributed by atoms with van der Waals surface area (Å²) in [5.74, 6) is -13.6. The number of nitrogens with zero attached hydrogens (tertiary/aromatic N) is 2. The van der Waals surface area contributed by atoms with Gasteiger partial charge in [0, 0.05) is 61.3 Å². The molecule has 0 bridgehead atoms. The van der Waals surface area contributed by atoms with Gasteiger partial charge in [-0.3, -0.25) is 0 Å². The van der Waals surface area contributed by atoms with Crippen molar-refractivity contribution in [3.05, 3.63) is 70.3 Å². The standard InChI is InChI=1S/C22H16F8N2O4/c23-11-1-13(19(29)15(25)3-11)17(27)9-5-31(6-9)35-21(33)22(34)36-32-7-10(8-32)18(28)14-2-12(24)4-16(26)20(14)30/h1-4,9-10,17-18H,5-8H2. The van der Waals surface area contributed by atoms with Gasteiger partial charge >= 0.3 is 11.9 Å². The molecule has 2 fully saturated rings. The zero-order chi connectivity index (χ0) is 26.3. The van der Waals surface area contributed by atoms with Crippen LogP contribution in [0.2, 0.25) is 0 Å². The van der Waals surface area contributed by atoms with Gasteiger partial charge in [0.1, 0.15) is 24.0 Å². The van der Waals surface area contributed by atoms with Gasteiger partial charge in [-0.15, -0.1) is 10.1 Å². The summed E-state index contributed by atoms with van der Waals surface area (Å²) >= 11 is 0. The molecule has 194 valence electrons.